The van der Waals surface area contributed by atoms with Crippen LogP contribution in [0.2, 0.25) is 0 Å². The molecule has 1 aliphatic heterocycles. The van der Waals surface area contributed by atoms with E-state index in [1.807, 2.05) is 39.0 Å². The summed E-state index contributed by atoms with van der Waals surface area (Å²) in [4.78, 5) is 13.9. The van der Waals surface area contributed by atoms with Gasteiger partial charge in [0.1, 0.15) is 5.75 Å². The lowest BCUT2D eigenvalue weighted by Crippen LogP contribution is -2.38. The van der Waals surface area contributed by atoms with E-state index in [9.17, 15) is 4.79 Å². The van der Waals surface area contributed by atoms with E-state index in [1.165, 1.54) is 0 Å². The first kappa shape index (κ1) is 16.6. The van der Waals surface area contributed by atoms with Gasteiger partial charge in [0.2, 0.25) is 0 Å². The number of benzene rings is 1. The molecule has 2 amide bonds. The normalized spacial score (nSPS) is 17.9. The first-order chi connectivity index (χ1) is 10.5. The molecule has 1 atom stereocenters. The molecule has 122 valence electrons. The van der Waals surface area contributed by atoms with Gasteiger partial charge in [-0.25, -0.2) is 4.79 Å². The van der Waals surface area contributed by atoms with Gasteiger partial charge in [0.05, 0.1) is 6.10 Å². The van der Waals surface area contributed by atoms with Crippen molar-refractivity contribution in [3.05, 3.63) is 29.3 Å². The van der Waals surface area contributed by atoms with Crippen molar-refractivity contribution in [3.8, 4) is 5.75 Å². The molecule has 1 aromatic rings. The van der Waals surface area contributed by atoms with Crippen LogP contribution in [0.4, 0.5) is 4.79 Å². The first-order valence-electron chi connectivity index (χ1n) is 7.89. The van der Waals surface area contributed by atoms with Crippen molar-refractivity contribution in [1.82, 2.24) is 10.2 Å². The lowest BCUT2D eigenvalue weighted by atomic mass is 10.1. The minimum Gasteiger partial charge on any atom is -0.491 e. The Balaban J connectivity index is 1.95. The Hall–Kier alpha value is -1.75. The van der Waals surface area contributed by atoms with Crippen molar-refractivity contribution < 1.29 is 14.6 Å². The number of rotatable bonds is 5. The van der Waals surface area contributed by atoms with Gasteiger partial charge in [0, 0.05) is 37.7 Å². The fraction of sp³-hybridized carbons (Fsp3) is 0.588. The van der Waals surface area contributed by atoms with Gasteiger partial charge in [-0.2, -0.15) is 0 Å². The second-order valence-corrected chi connectivity index (χ2v) is 6.22. The molecule has 1 aromatic carbocycles. The highest BCUT2D eigenvalue weighted by Crippen LogP contribution is 2.22. The average Bonchev–Trinajstić information content (AvgIpc) is 2.94. The monoisotopic (exact) mass is 306 g/mol. The Labute approximate surface area is 132 Å². The number of amides is 2. The first-order valence-corrected chi connectivity index (χ1v) is 7.89. The number of carbonyl (C=O) groups is 1. The molecule has 5 nitrogen and oxygen atoms in total. The number of nitrogens with one attached hydrogen (secondary N) is 1. The molecule has 22 heavy (non-hydrogen) atoms. The lowest BCUT2D eigenvalue weighted by Gasteiger charge is -2.19. The Morgan fingerprint density at radius 2 is 2.27 bits per heavy atom. The van der Waals surface area contributed by atoms with Crippen LogP contribution in [-0.4, -0.2) is 41.8 Å². The van der Waals surface area contributed by atoms with E-state index in [2.05, 4.69) is 5.32 Å². The molecular formula is C17H26N2O3. The van der Waals surface area contributed by atoms with Crippen molar-refractivity contribution >= 4 is 6.03 Å². The van der Waals surface area contributed by atoms with Crippen LogP contribution >= 0.6 is 0 Å². The Morgan fingerprint density at radius 3 is 2.91 bits per heavy atom. The van der Waals surface area contributed by atoms with Gasteiger partial charge in [-0.1, -0.05) is 12.1 Å². The molecule has 1 unspecified atom stereocenters. The predicted octanol–water partition coefficient (Wildman–Crippen LogP) is 2.31. The SMILES string of the molecule is Cc1ccc(CNC(=O)N2CCC(CO)C2)c(OC(C)C)c1. The van der Waals surface area contributed by atoms with Gasteiger partial charge in [0.15, 0.2) is 0 Å². The number of aliphatic hydroxyl groups is 1. The van der Waals surface area contributed by atoms with Crippen LogP contribution in [0.1, 0.15) is 31.4 Å². The summed E-state index contributed by atoms with van der Waals surface area (Å²) in [7, 11) is 0. The van der Waals surface area contributed by atoms with Crippen molar-refractivity contribution in [2.45, 2.75) is 39.8 Å². The van der Waals surface area contributed by atoms with Gasteiger partial charge >= 0.3 is 6.03 Å². The molecule has 1 fully saturated rings. The van der Waals surface area contributed by atoms with E-state index < -0.39 is 0 Å². The number of hydrogen-bond donors (Lipinski definition) is 2. The predicted molar refractivity (Wildman–Crippen MR) is 85.9 cm³/mol. The number of hydrogen-bond acceptors (Lipinski definition) is 3. The molecule has 0 bridgehead atoms. The molecule has 1 aliphatic rings. The van der Waals surface area contributed by atoms with E-state index in [0.29, 0.717) is 19.6 Å². The summed E-state index contributed by atoms with van der Waals surface area (Å²) < 4.78 is 5.82. The highest BCUT2D eigenvalue weighted by molar-refractivity contribution is 5.74. The maximum absolute atomic E-state index is 12.2. The molecule has 0 aromatic heterocycles. The number of likely N-dealkylation sites (tertiary alicyclic amines) is 1. The minimum atomic E-state index is -0.0768. The number of aliphatic hydroxyl groups excluding tert-OH is 1. The molecule has 2 N–H and O–H groups in total. The van der Waals surface area contributed by atoms with Crippen LogP contribution in [-0.2, 0) is 6.54 Å². The number of aryl methyl sites for hydroxylation is 1. The minimum absolute atomic E-state index is 0.0768. The number of nitrogens with zero attached hydrogens (tertiary/aromatic N) is 1. The summed E-state index contributed by atoms with van der Waals surface area (Å²) in [5.74, 6) is 1.04. The van der Waals surface area contributed by atoms with Crippen LogP contribution in [0.5, 0.6) is 5.75 Å². The third kappa shape index (κ3) is 4.37. The largest absolute Gasteiger partial charge is 0.491 e. The highest BCUT2D eigenvalue weighted by atomic mass is 16.5. The Bertz CT molecular complexity index is 517. The second-order valence-electron chi connectivity index (χ2n) is 6.22. The van der Waals surface area contributed by atoms with Crippen LogP contribution in [0.3, 0.4) is 0 Å². The number of ether oxygens (including phenoxy) is 1. The van der Waals surface area contributed by atoms with Crippen molar-refractivity contribution in [2.75, 3.05) is 19.7 Å². The summed E-state index contributed by atoms with van der Waals surface area (Å²) in [6.45, 7) is 7.93. The maximum Gasteiger partial charge on any atom is 0.317 e. The third-order valence-corrected chi connectivity index (χ3v) is 3.85. The Kier molecular flexibility index (Phi) is 5.66. The zero-order chi connectivity index (χ0) is 16.1. The van der Waals surface area contributed by atoms with Gasteiger partial charge in [0.25, 0.3) is 0 Å². The van der Waals surface area contributed by atoms with Crippen molar-refractivity contribution in [3.63, 3.8) is 0 Å². The maximum atomic E-state index is 12.2. The third-order valence-electron chi connectivity index (χ3n) is 3.85. The second kappa shape index (κ2) is 7.49. The van der Waals surface area contributed by atoms with Crippen LogP contribution in [0, 0.1) is 12.8 Å². The fourth-order valence-corrected chi connectivity index (χ4v) is 2.62. The van der Waals surface area contributed by atoms with Gasteiger partial charge in [-0.05, 0) is 38.8 Å². The molecule has 0 aliphatic carbocycles. The van der Waals surface area contributed by atoms with Crippen molar-refractivity contribution in [1.29, 1.82) is 0 Å². The highest BCUT2D eigenvalue weighted by Gasteiger charge is 2.25. The summed E-state index contributed by atoms with van der Waals surface area (Å²) in [6, 6.07) is 5.94. The van der Waals surface area contributed by atoms with E-state index in [1.54, 1.807) is 4.90 Å². The molecule has 2 rings (SSSR count). The topological polar surface area (TPSA) is 61.8 Å². The molecule has 5 heteroatoms. The summed E-state index contributed by atoms with van der Waals surface area (Å²) in [5.41, 5.74) is 2.11. The molecule has 0 spiro atoms. The standard InChI is InChI=1S/C17H26N2O3/c1-12(2)22-16-8-13(3)4-5-15(16)9-18-17(21)19-7-6-14(10-19)11-20/h4-5,8,12,14,20H,6-7,9-11H2,1-3H3,(H,18,21). The molecule has 1 saturated heterocycles. The van der Waals surface area contributed by atoms with E-state index >= 15 is 0 Å². The summed E-state index contributed by atoms with van der Waals surface area (Å²) in [5, 5.41) is 12.1. The van der Waals surface area contributed by atoms with E-state index in [4.69, 9.17) is 9.84 Å². The quantitative estimate of drug-likeness (QED) is 0.877. The number of carbonyl (C=O) groups excluding carboxylic acids is 1. The zero-order valence-corrected chi connectivity index (χ0v) is 13.6. The number of urea groups is 1. The van der Waals surface area contributed by atoms with Gasteiger partial charge in [-0.3, -0.25) is 0 Å². The summed E-state index contributed by atoms with van der Waals surface area (Å²) >= 11 is 0. The van der Waals surface area contributed by atoms with Gasteiger partial charge in [-0.15, -0.1) is 0 Å². The van der Waals surface area contributed by atoms with Gasteiger partial charge < -0.3 is 20.1 Å². The molecule has 0 saturated carbocycles. The smallest absolute Gasteiger partial charge is 0.317 e. The van der Waals surface area contributed by atoms with Crippen LogP contribution in [0.25, 0.3) is 0 Å². The zero-order valence-electron chi connectivity index (χ0n) is 13.6. The van der Waals surface area contributed by atoms with Crippen LogP contribution < -0.4 is 10.1 Å². The lowest BCUT2D eigenvalue weighted by molar-refractivity contribution is 0.197. The Morgan fingerprint density at radius 1 is 1.50 bits per heavy atom. The molecular weight excluding hydrogens is 280 g/mol. The van der Waals surface area contributed by atoms with E-state index in [-0.39, 0.29) is 24.7 Å². The average molecular weight is 306 g/mol. The molecule has 0 radical (unpaired) electrons. The fourth-order valence-electron chi connectivity index (χ4n) is 2.62. The van der Waals surface area contributed by atoms with E-state index in [0.717, 1.165) is 23.3 Å². The van der Waals surface area contributed by atoms with Crippen LogP contribution in [0.15, 0.2) is 18.2 Å². The summed E-state index contributed by atoms with van der Waals surface area (Å²) in [6.07, 6.45) is 0.969. The van der Waals surface area contributed by atoms with Crippen molar-refractivity contribution in [2.24, 2.45) is 5.92 Å². The molecule has 1 heterocycles.